The molecule has 0 unspecified atom stereocenters. The van der Waals surface area contributed by atoms with Gasteiger partial charge in [0.1, 0.15) is 0 Å². The van der Waals surface area contributed by atoms with Gasteiger partial charge < -0.3 is 5.11 Å². The predicted molar refractivity (Wildman–Crippen MR) is 69.0 cm³/mol. The van der Waals surface area contributed by atoms with E-state index in [1.54, 1.807) is 0 Å². The summed E-state index contributed by atoms with van der Waals surface area (Å²) < 4.78 is 0.963. The SMILES string of the molecule is O=C(O)C1(c2cccc(Br)c2)CC2(CCC2)C1. The standard InChI is InChI=1S/C14H15BrO2/c15-11-4-1-3-10(7-11)14(12(16)17)8-13(9-14)5-2-6-13/h1,3-4,7H,2,5-6,8-9H2,(H,16,17). The number of halogens is 1. The fraction of sp³-hybridized carbons (Fsp3) is 0.500. The molecule has 2 fully saturated rings. The molecule has 0 heterocycles. The summed E-state index contributed by atoms with van der Waals surface area (Å²) in [5, 5.41) is 9.56. The van der Waals surface area contributed by atoms with Crippen LogP contribution in [0.25, 0.3) is 0 Å². The van der Waals surface area contributed by atoms with Crippen LogP contribution in [0.3, 0.4) is 0 Å². The number of carboxylic acid groups (broad SMARTS) is 1. The molecular weight excluding hydrogens is 280 g/mol. The highest BCUT2D eigenvalue weighted by atomic mass is 79.9. The molecule has 1 N–H and O–H groups in total. The number of benzene rings is 1. The largest absolute Gasteiger partial charge is 0.481 e. The molecule has 0 saturated heterocycles. The van der Waals surface area contributed by atoms with Crippen molar-refractivity contribution in [3.05, 3.63) is 34.3 Å². The lowest BCUT2D eigenvalue weighted by atomic mass is 9.44. The molecule has 2 nitrogen and oxygen atoms in total. The summed E-state index contributed by atoms with van der Waals surface area (Å²) in [5.41, 5.74) is 0.696. The van der Waals surface area contributed by atoms with E-state index in [1.807, 2.05) is 24.3 Å². The van der Waals surface area contributed by atoms with Crippen LogP contribution in [0.4, 0.5) is 0 Å². The lowest BCUT2D eigenvalue weighted by Crippen LogP contribution is -2.57. The van der Waals surface area contributed by atoms with Crippen LogP contribution in [-0.2, 0) is 10.2 Å². The zero-order valence-corrected chi connectivity index (χ0v) is 11.2. The van der Waals surface area contributed by atoms with Crippen LogP contribution in [0.2, 0.25) is 0 Å². The molecule has 0 aromatic heterocycles. The van der Waals surface area contributed by atoms with Gasteiger partial charge in [-0.05, 0) is 48.8 Å². The number of aliphatic carboxylic acids is 1. The molecule has 1 spiro atoms. The Balaban J connectivity index is 1.94. The highest BCUT2D eigenvalue weighted by Gasteiger charge is 2.61. The highest BCUT2D eigenvalue weighted by molar-refractivity contribution is 9.10. The molecule has 1 aromatic carbocycles. The van der Waals surface area contributed by atoms with Crippen molar-refractivity contribution in [2.45, 2.75) is 37.5 Å². The zero-order valence-electron chi connectivity index (χ0n) is 9.58. The average Bonchev–Trinajstić information content (AvgIpc) is 2.13. The van der Waals surface area contributed by atoms with Gasteiger partial charge in [-0.25, -0.2) is 0 Å². The van der Waals surface area contributed by atoms with Gasteiger partial charge in [0.2, 0.25) is 0 Å². The minimum absolute atomic E-state index is 0.362. The van der Waals surface area contributed by atoms with Crippen LogP contribution >= 0.6 is 15.9 Å². The number of carboxylic acids is 1. The molecule has 90 valence electrons. The molecule has 17 heavy (non-hydrogen) atoms. The van der Waals surface area contributed by atoms with E-state index in [9.17, 15) is 9.90 Å². The van der Waals surface area contributed by atoms with Gasteiger partial charge in [0.05, 0.1) is 5.41 Å². The molecule has 0 aliphatic heterocycles. The third kappa shape index (κ3) is 1.55. The van der Waals surface area contributed by atoms with Crippen molar-refractivity contribution in [2.75, 3.05) is 0 Å². The topological polar surface area (TPSA) is 37.3 Å². The summed E-state index contributed by atoms with van der Waals surface area (Å²) in [5.74, 6) is -0.659. The van der Waals surface area contributed by atoms with Crippen LogP contribution in [0.1, 0.15) is 37.7 Å². The third-order valence-corrected chi connectivity index (χ3v) is 5.05. The Morgan fingerprint density at radius 2 is 2.00 bits per heavy atom. The van der Waals surface area contributed by atoms with Crippen LogP contribution in [-0.4, -0.2) is 11.1 Å². The maximum Gasteiger partial charge on any atom is 0.314 e. The minimum atomic E-state index is -0.659. The van der Waals surface area contributed by atoms with Crippen LogP contribution in [0.5, 0.6) is 0 Å². The van der Waals surface area contributed by atoms with Gasteiger partial charge in [-0.3, -0.25) is 4.79 Å². The Labute approximate surface area is 109 Å². The first kappa shape index (κ1) is 11.3. The molecule has 0 amide bonds. The van der Waals surface area contributed by atoms with Gasteiger partial charge in [0.25, 0.3) is 0 Å². The molecule has 3 heteroatoms. The third-order valence-electron chi connectivity index (χ3n) is 4.55. The van der Waals surface area contributed by atoms with E-state index in [0.717, 1.165) is 22.9 Å². The Morgan fingerprint density at radius 1 is 1.29 bits per heavy atom. The van der Waals surface area contributed by atoms with Gasteiger partial charge >= 0.3 is 5.97 Å². The molecule has 3 rings (SSSR count). The lowest BCUT2D eigenvalue weighted by molar-refractivity contribution is -0.160. The number of carbonyl (C=O) groups is 1. The van der Waals surface area contributed by atoms with Crippen molar-refractivity contribution < 1.29 is 9.90 Å². The van der Waals surface area contributed by atoms with Crippen molar-refractivity contribution in [1.82, 2.24) is 0 Å². The van der Waals surface area contributed by atoms with Crippen molar-refractivity contribution in [3.63, 3.8) is 0 Å². The van der Waals surface area contributed by atoms with Gasteiger partial charge in [-0.2, -0.15) is 0 Å². The van der Waals surface area contributed by atoms with Gasteiger partial charge in [0.15, 0.2) is 0 Å². The molecular formula is C14H15BrO2. The maximum atomic E-state index is 11.6. The fourth-order valence-corrected chi connectivity index (χ4v) is 3.92. The summed E-state index contributed by atoms with van der Waals surface area (Å²) in [4.78, 5) is 11.6. The quantitative estimate of drug-likeness (QED) is 0.902. The molecule has 0 atom stereocenters. The smallest absolute Gasteiger partial charge is 0.314 e. The average molecular weight is 295 g/mol. The van der Waals surface area contributed by atoms with E-state index in [2.05, 4.69) is 15.9 Å². The first-order valence-corrected chi connectivity index (χ1v) is 6.85. The molecule has 2 aliphatic carbocycles. The van der Waals surface area contributed by atoms with Gasteiger partial charge in [-0.1, -0.05) is 34.5 Å². The minimum Gasteiger partial charge on any atom is -0.481 e. The summed E-state index contributed by atoms with van der Waals surface area (Å²) in [6.45, 7) is 0. The van der Waals surface area contributed by atoms with Crippen molar-refractivity contribution in [3.8, 4) is 0 Å². The van der Waals surface area contributed by atoms with E-state index in [4.69, 9.17) is 0 Å². The monoisotopic (exact) mass is 294 g/mol. The lowest BCUT2D eigenvalue weighted by Gasteiger charge is -2.59. The summed E-state index contributed by atoms with van der Waals surface area (Å²) in [7, 11) is 0. The van der Waals surface area contributed by atoms with Crippen molar-refractivity contribution in [1.29, 1.82) is 0 Å². The van der Waals surface area contributed by atoms with Gasteiger partial charge in [-0.15, -0.1) is 0 Å². The van der Waals surface area contributed by atoms with E-state index < -0.39 is 11.4 Å². The first-order chi connectivity index (χ1) is 8.06. The fourth-order valence-electron chi connectivity index (χ4n) is 3.52. The van der Waals surface area contributed by atoms with E-state index in [0.29, 0.717) is 5.41 Å². The second kappa shape index (κ2) is 3.58. The molecule has 0 bridgehead atoms. The summed E-state index contributed by atoms with van der Waals surface area (Å²) in [6, 6.07) is 7.77. The van der Waals surface area contributed by atoms with Gasteiger partial charge in [0, 0.05) is 4.47 Å². The number of hydrogen-bond acceptors (Lipinski definition) is 1. The van der Waals surface area contributed by atoms with Crippen LogP contribution in [0.15, 0.2) is 28.7 Å². The molecule has 0 radical (unpaired) electrons. The van der Waals surface area contributed by atoms with E-state index >= 15 is 0 Å². The van der Waals surface area contributed by atoms with Crippen molar-refractivity contribution >= 4 is 21.9 Å². The van der Waals surface area contributed by atoms with E-state index in [1.165, 1.54) is 19.3 Å². The summed E-state index contributed by atoms with van der Waals surface area (Å²) in [6.07, 6.45) is 5.36. The molecule has 2 saturated carbocycles. The first-order valence-electron chi connectivity index (χ1n) is 6.06. The number of hydrogen-bond donors (Lipinski definition) is 1. The summed E-state index contributed by atoms with van der Waals surface area (Å²) >= 11 is 3.42. The van der Waals surface area contributed by atoms with Crippen LogP contribution < -0.4 is 0 Å². The molecule has 1 aromatic rings. The normalized spacial score (nSPS) is 23.8. The predicted octanol–water partition coefficient (Wildman–Crippen LogP) is 3.74. The van der Waals surface area contributed by atoms with E-state index in [-0.39, 0.29) is 0 Å². The Morgan fingerprint density at radius 3 is 2.47 bits per heavy atom. The van der Waals surface area contributed by atoms with Crippen molar-refractivity contribution in [2.24, 2.45) is 5.41 Å². The second-order valence-electron chi connectivity index (χ2n) is 5.60. The highest BCUT2D eigenvalue weighted by Crippen LogP contribution is 2.65. The molecule has 2 aliphatic rings. The van der Waals surface area contributed by atoms with Crippen LogP contribution in [0, 0.1) is 5.41 Å². The Hall–Kier alpha value is -0.830. The number of rotatable bonds is 2. The zero-order chi connectivity index (χ0) is 12.1. The maximum absolute atomic E-state index is 11.6. The Kier molecular flexibility index (Phi) is 2.37. The Bertz CT molecular complexity index is 469. The second-order valence-corrected chi connectivity index (χ2v) is 6.52.